The number of piperazine rings is 1. The fourth-order valence-electron chi connectivity index (χ4n) is 2.61. The molecule has 0 radical (unpaired) electrons. The summed E-state index contributed by atoms with van der Waals surface area (Å²) in [4.78, 5) is 33.2. The molecule has 0 bridgehead atoms. The Kier molecular flexibility index (Phi) is 6.27. The molecule has 0 aromatic rings. The van der Waals surface area contributed by atoms with Gasteiger partial charge in [-0.3, -0.25) is 4.79 Å². The highest BCUT2D eigenvalue weighted by Crippen LogP contribution is 2.27. The lowest BCUT2D eigenvalue weighted by Gasteiger charge is -2.35. The summed E-state index contributed by atoms with van der Waals surface area (Å²) in [5.41, 5.74) is 0. The van der Waals surface area contributed by atoms with Gasteiger partial charge in [-0.15, -0.1) is 0 Å². The minimum Gasteiger partial charge on any atom is -0.479 e. The van der Waals surface area contributed by atoms with E-state index in [9.17, 15) is 14.4 Å². The quantitative estimate of drug-likeness (QED) is 0.405. The number of rotatable bonds is 3. The number of aliphatic hydroxyl groups is 2. The third kappa shape index (κ3) is 4.15. The average Bonchev–Trinajstić information content (AvgIpc) is 2.75. The lowest BCUT2D eigenvalue weighted by atomic mass is 10.0. The van der Waals surface area contributed by atoms with E-state index in [1.165, 1.54) is 0 Å². The molecule has 0 aromatic carbocycles. The predicted molar refractivity (Wildman–Crippen MR) is 74.0 cm³/mol. The van der Waals surface area contributed by atoms with Crippen LogP contribution in [0.3, 0.4) is 0 Å². The van der Waals surface area contributed by atoms with Crippen LogP contribution in [0, 0.1) is 5.92 Å². The normalized spacial score (nSPS) is 29.9. The van der Waals surface area contributed by atoms with E-state index in [1.807, 2.05) is 11.8 Å². The Morgan fingerprint density at radius 1 is 1.18 bits per heavy atom. The van der Waals surface area contributed by atoms with Crippen LogP contribution < -0.4 is 5.32 Å². The third-order valence-corrected chi connectivity index (χ3v) is 3.90. The molecule has 2 saturated heterocycles. The first-order valence-corrected chi connectivity index (χ1v) is 7.02. The fraction of sp³-hybridized carbons (Fsp3) is 0.769. The summed E-state index contributed by atoms with van der Waals surface area (Å²) in [6.07, 6.45) is -3.50. The fourth-order valence-corrected chi connectivity index (χ4v) is 2.61. The largest absolute Gasteiger partial charge is 0.479 e. The highest BCUT2D eigenvalue weighted by atomic mass is 16.4. The minimum atomic E-state index is -2.27. The van der Waals surface area contributed by atoms with Gasteiger partial charge in [0.1, 0.15) is 0 Å². The maximum Gasteiger partial charge on any atom is 0.335 e. The molecule has 2 aliphatic rings. The second-order valence-electron chi connectivity index (χ2n) is 5.54. The molecule has 1 amide bonds. The van der Waals surface area contributed by atoms with E-state index in [0.717, 1.165) is 19.5 Å². The maximum absolute atomic E-state index is 11.6. The highest BCUT2D eigenvalue weighted by molar-refractivity contribution is 5.83. The molecule has 22 heavy (non-hydrogen) atoms. The van der Waals surface area contributed by atoms with Crippen LogP contribution in [0.25, 0.3) is 0 Å². The standard InChI is InChI=1S/C9H16N2O.C4H6O6/c1-6-5-8-7(2)10-3-4-11(8)9(6)12;5-1(3(7)8)2(6)4(9)10/h6-8,10H,3-5H2,1-2H3;1-2,5-6H,(H,7,8)(H,9,10)/t;1-,2-/m.1/s1. The summed E-state index contributed by atoms with van der Waals surface area (Å²) in [5, 5.41) is 35.9. The lowest BCUT2D eigenvalue weighted by Crippen LogP contribution is -2.54. The van der Waals surface area contributed by atoms with Crippen LogP contribution in [0.1, 0.15) is 20.3 Å². The van der Waals surface area contributed by atoms with Gasteiger partial charge in [0.05, 0.1) is 0 Å². The number of amides is 1. The zero-order valence-electron chi connectivity index (χ0n) is 12.5. The SMILES string of the molecule is CC1CC2C(C)NCCN2C1=O.O=C(O)[C@H](O)[C@@H](O)C(=O)O. The van der Waals surface area contributed by atoms with Crippen molar-refractivity contribution >= 4 is 17.8 Å². The summed E-state index contributed by atoms with van der Waals surface area (Å²) < 4.78 is 0. The Morgan fingerprint density at radius 2 is 1.68 bits per heavy atom. The van der Waals surface area contributed by atoms with Crippen molar-refractivity contribution in [1.29, 1.82) is 0 Å². The van der Waals surface area contributed by atoms with E-state index in [1.54, 1.807) is 0 Å². The van der Waals surface area contributed by atoms with Gasteiger partial charge in [-0.05, 0) is 13.3 Å². The second kappa shape index (κ2) is 7.52. The van der Waals surface area contributed by atoms with Crippen molar-refractivity contribution in [3.63, 3.8) is 0 Å². The first-order chi connectivity index (χ1) is 10.2. The van der Waals surface area contributed by atoms with Crippen molar-refractivity contribution in [3.05, 3.63) is 0 Å². The molecule has 2 fully saturated rings. The van der Waals surface area contributed by atoms with Crippen molar-refractivity contribution in [3.8, 4) is 0 Å². The van der Waals surface area contributed by atoms with E-state index < -0.39 is 24.1 Å². The van der Waals surface area contributed by atoms with E-state index in [-0.39, 0.29) is 5.92 Å². The molecule has 0 saturated carbocycles. The first kappa shape index (κ1) is 18.3. The number of aliphatic carboxylic acids is 2. The zero-order chi connectivity index (χ0) is 17.0. The molecular weight excluding hydrogens is 296 g/mol. The van der Waals surface area contributed by atoms with E-state index in [4.69, 9.17) is 20.4 Å². The number of fused-ring (bicyclic) bond motifs is 1. The Hall–Kier alpha value is -1.71. The minimum absolute atomic E-state index is 0.248. The van der Waals surface area contributed by atoms with E-state index in [0.29, 0.717) is 18.0 Å². The lowest BCUT2D eigenvalue weighted by molar-refractivity contribution is -0.165. The summed E-state index contributed by atoms with van der Waals surface area (Å²) in [6, 6.07) is 0.939. The molecular formula is C13H22N2O7. The first-order valence-electron chi connectivity index (χ1n) is 7.02. The van der Waals surface area contributed by atoms with Gasteiger partial charge >= 0.3 is 11.9 Å². The molecule has 5 N–H and O–H groups in total. The second-order valence-corrected chi connectivity index (χ2v) is 5.54. The van der Waals surface area contributed by atoms with Crippen LogP contribution in [0.15, 0.2) is 0 Å². The van der Waals surface area contributed by atoms with Crippen molar-refractivity contribution in [2.75, 3.05) is 13.1 Å². The zero-order valence-corrected chi connectivity index (χ0v) is 12.5. The van der Waals surface area contributed by atoms with E-state index >= 15 is 0 Å². The van der Waals surface area contributed by atoms with Gasteiger partial charge in [-0.25, -0.2) is 9.59 Å². The number of carboxylic acid groups (broad SMARTS) is 2. The maximum atomic E-state index is 11.6. The van der Waals surface area contributed by atoms with Gasteiger partial charge in [0.2, 0.25) is 5.91 Å². The smallest absolute Gasteiger partial charge is 0.335 e. The Labute approximate surface area is 127 Å². The molecule has 3 unspecified atom stereocenters. The van der Waals surface area contributed by atoms with Gasteiger partial charge in [0, 0.05) is 31.1 Å². The third-order valence-electron chi connectivity index (χ3n) is 3.90. The van der Waals surface area contributed by atoms with Gasteiger partial charge < -0.3 is 30.6 Å². The van der Waals surface area contributed by atoms with Crippen LogP contribution in [0.2, 0.25) is 0 Å². The number of carboxylic acids is 2. The summed E-state index contributed by atoms with van der Waals surface area (Å²) in [6.45, 7) is 6.06. The number of aliphatic hydroxyl groups excluding tert-OH is 2. The van der Waals surface area contributed by atoms with Gasteiger partial charge in [0.25, 0.3) is 0 Å². The topological polar surface area (TPSA) is 147 Å². The summed E-state index contributed by atoms with van der Waals surface area (Å²) in [7, 11) is 0. The van der Waals surface area contributed by atoms with Crippen LogP contribution in [0.5, 0.6) is 0 Å². The molecule has 0 aliphatic carbocycles. The number of carbonyl (C=O) groups excluding carboxylic acids is 1. The number of carbonyl (C=O) groups is 3. The van der Waals surface area contributed by atoms with Crippen LogP contribution in [-0.2, 0) is 14.4 Å². The summed E-state index contributed by atoms with van der Waals surface area (Å²) in [5.74, 6) is -2.93. The average molecular weight is 318 g/mol. The van der Waals surface area contributed by atoms with Gasteiger partial charge in [0.15, 0.2) is 12.2 Å². The highest BCUT2D eigenvalue weighted by Gasteiger charge is 2.41. The molecule has 2 heterocycles. The van der Waals surface area contributed by atoms with Gasteiger partial charge in [-0.1, -0.05) is 6.92 Å². The van der Waals surface area contributed by atoms with Gasteiger partial charge in [-0.2, -0.15) is 0 Å². The van der Waals surface area contributed by atoms with Crippen LogP contribution in [-0.4, -0.2) is 80.6 Å². The molecule has 2 aliphatic heterocycles. The summed E-state index contributed by atoms with van der Waals surface area (Å²) >= 11 is 0. The molecule has 0 spiro atoms. The Bertz CT molecular complexity index is 424. The predicted octanol–water partition coefficient (Wildman–Crippen LogP) is -1.91. The molecule has 0 aromatic heterocycles. The number of hydrogen-bond acceptors (Lipinski definition) is 6. The Morgan fingerprint density at radius 3 is 2.09 bits per heavy atom. The van der Waals surface area contributed by atoms with Crippen molar-refractivity contribution in [2.24, 2.45) is 5.92 Å². The van der Waals surface area contributed by atoms with E-state index in [2.05, 4.69) is 12.2 Å². The molecule has 2 rings (SSSR count). The molecule has 126 valence electrons. The number of nitrogens with one attached hydrogen (secondary N) is 1. The van der Waals surface area contributed by atoms with Crippen LogP contribution in [0.4, 0.5) is 0 Å². The molecule has 5 atom stereocenters. The van der Waals surface area contributed by atoms with Crippen molar-refractivity contribution < 1.29 is 34.8 Å². The molecule has 9 nitrogen and oxygen atoms in total. The van der Waals surface area contributed by atoms with Crippen molar-refractivity contribution in [1.82, 2.24) is 10.2 Å². The monoisotopic (exact) mass is 318 g/mol. The number of nitrogens with zero attached hydrogens (tertiary/aromatic N) is 1. The molecule has 9 heteroatoms. The number of hydrogen-bond donors (Lipinski definition) is 5. The van der Waals surface area contributed by atoms with Crippen molar-refractivity contribution in [2.45, 2.75) is 44.6 Å². The Balaban J connectivity index is 0.000000225. The van der Waals surface area contributed by atoms with Crippen LogP contribution >= 0.6 is 0 Å².